The van der Waals surface area contributed by atoms with E-state index in [0.29, 0.717) is 6.04 Å². The molecule has 2 nitrogen and oxygen atoms in total. The number of ether oxygens (including phenoxy) is 1. The molecule has 16 heavy (non-hydrogen) atoms. The molecule has 1 unspecified atom stereocenters. The fourth-order valence-electron chi connectivity index (χ4n) is 2.31. The van der Waals surface area contributed by atoms with E-state index >= 15 is 0 Å². The molecular weight excluding hydrogens is 222 g/mol. The third-order valence-corrected chi connectivity index (χ3v) is 3.48. The molecule has 1 aliphatic rings. The van der Waals surface area contributed by atoms with Crippen LogP contribution in [0.2, 0.25) is 5.02 Å². The first-order valence-corrected chi connectivity index (χ1v) is 6.27. The summed E-state index contributed by atoms with van der Waals surface area (Å²) in [5, 5.41) is 0.876. The van der Waals surface area contributed by atoms with E-state index in [1.54, 1.807) is 0 Å². The third kappa shape index (κ3) is 2.57. The van der Waals surface area contributed by atoms with Gasteiger partial charge in [-0.2, -0.15) is 0 Å². The molecule has 0 aliphatic carbocycles. The van der Waals surface area contributed by atoms with Crippen LogP contribution in [-0.4, -0.2) is 31.2 Å². The number of halogens is 1. The van der Waals surface area contributed by atoms with E-state index in [2.05, 4.69) is 24.0 Å². The second-order valence-corrected chi connectivity index (χ2v) is 4.50. The van der Waals surface area contributed by atoms with Crippen molar-refractivity contribution < 1.29 is 4.74 Å². The molecule has 0 N–H and O–H groups in total. The van der Waals surface area contributed by atoms with Gasteiger partial charge in [0.25, 0.3) is 0 Å². The molecule has 1 aliphatic heterocycles. The average molecular weight is 240 g/mol. The van der Waals surface area contributed by atoms with Gasteiger partial charge in [-0.25, -0.2) is 0 Å². The molecule has 0 aromatic heterocycles. The van der Waals surface area contributed by atoms with Crippen molar-refractivity contribution in [2.75, 3.05) is 26.3 Å². The molecule has 1 heterocycles. The van der Waals surface area contributed by atoms with E-state index in [-0.39, 0.29) is 0 Å². The fourth-order valence-corrected chi connectivity index (χ4v) is 2.57. The smallest absolute Gasteiger partial charge is 0.0594 e. The molecule has 88 valence electrons. The maximum atomic E-state index is 6.26. The molecule has 0 spiro atoms. The second-order valence-electron chi connectivity index (χ2n) is 4.09. The predicted molar refractivity (Wildman–Crippen MR) is 66.9 cm³/mol. The minimum Gasteiger partial charge on any atom is -0.379 e. The summed E-state index contributed by atoms with van der Waals surface area (Å²) < 4.78 is 5.39. The SMILES string of the molecule is CCC(c1ccccc1Cl)N1CCOCC1. The Kier molecular flexibility index (Phi) is 4.22. The quantitative estimate of drug-likeness (QED) is 0.804. The average Bonchev–Trinajstić information content (AvgIpc) is 2.34. The summed E-state index contributed by atoms with van der Waals surface area (Å²) in [5.74, 6) is 0. The summed E-state index contributed by atoms with van der Waals surface area (Å²) >= 11 is 6.26. The van der Waals surface area contributed by atoms with Crippen molar-refractivity contribution in [2.45, 2.75) is 19.4 Å². The predicted octanol–water partition coefficient (Wildman–Crippen LogP) is 3.12. The van der Waals surface area contributed by atoms with Gasteiger partial charge < -0.3 is 4.74 Å². The summed E-state index contributed by atoms with van der Waals surface area (Å²) in [5.41, 5.74) is 1.24. The maximum Gasteiger partial charge on any atom is 0.0594 e. The van der Waals surface area contributed by atoms with Crippen LogP contribution in [0.4, 0.5) is 0 Å². The zero-order valence-corrected chi connectivity index (χ0v) is 10.4. The third-order valence-electron chi connectivity index (χ3n) is 3.14. The highest BCUT2D eigenvalue weighted by Crippen LogP contribution is 2.30. The second kappa shape index (κ2) is 5.67. The summed E-state index contributed by atoms with van der Waals surface area (Å²) in [7, 11) is 0. The van der Waals surface area contributed by atoms with Gasteiger partial charge in [0.1, 0.15) is 0 Å². The van der Waals surface area contributed by atoms with Crippen molar-refractivity contribution >= 4 is 11.6 Å². The Labute approximate surface area is 102 Å². The van der Waals surface area contributed by atoms with Crippen molar-refractivity contribution in [1.82, 2.24) is 4.90 Å². The van der Waals surface area contributed by atoms with Crippen molar-refractivity contribution in [3.63, 3.8) is 0 Å². The number of hydrogen-bond acceptors (Lipinski definition) is 2. The molecule has 0 radical (unpaired) electrons. The van der Waals surface area contributed by atoms with Gasteiger partial charge in [-0.3, -0.25) is 4.90 Å². The first-order chi connectivity index (χ1) is 7.83. The molecule has 1 atom stereocenters. The number of nitrogens with zero attached hydrogens (tertiary/aromatic N) is 1. The Morgan fingerprint density at radius 2 is 2.00 bits per heavy atom. The maximum absolute atomic E-state index is 6.26. The minimum absolute atomic E-state index is 0.428. The molecule has 1 aromatic rings. The molecule has 1 aromatic carbocycles. The lowest BCUT2D eigenvalue weighted by atomic mass is 10.0. The van der Waals surface area contributed by atoms with E-state index < -0.39 is 0 Å². The molecule has 1 saturated heterocycles. The molecule has 3 heteroatoms. The molecule has 0 saturated carbocycles. The summed E-state index contributed by atoms with van der Waals surface area (Å²) in [6.07, 6.45) is 1.09. The van der Waals surface area contributed by atoms with Gasteiger partial charge in [-0.1, -0.05) is 36.7 Å². The lowest BCUT2D eigenvalue weighted by Gasteiger charge is -2.34. The van der Waals surface area contributed by atoms with Gasteiger partial charge in [0, 0.05) is 24.2 Å². The van der Waals surface area contributed by atoms with Gasteiger partial charge in [0.05, 0.1) is 13.2 Å². The van der Waals surface area contributed by atoms with Crippen LogP contribution in [0.15, 0.2) is 24.3 Å². The Balaban J connectivity index is 2.18. The van der Waals surface area contributed by atoms with Crippen LogP contribution >= 0.6 is 11.6 Å². The number of morpholine rings is 1. The van der Waals surface area contributed by atoms with Crippen molar-refractivity contribution in [3.8, 4) is 0 Å². The standard InChI is InChI=1S/C13H18ClNO/c1-2-13(15-7-9-16-10-8-15)11-5-3-4-6-12(11)14/h3-6,13H,2,7-10H2,1H3. The highest BCUT2D eigenvalue weighted by atomic mass is 35.5. The van der Waals surface area contributed by atoms with Crippen LogP contribution in [0.3, 0.4) is 0 Å². The Bertz CT molecular complexity index is 336. The minimum atomic E-state index is 0.428. The zero-order valence-electron chi connectivity index (χ0n) is 9.66. The molecule has 0 amide bonds. The van der Waals surface area contributed by atoms with Gasteiger partial charge in [0.15, 0.2) is 0 Å². The first-order valence-electron chi connectivity index (χ1n) is 5.89. The van der Waals surface area contributed by atoms with Crippen LogP contribution in [0.25, 0.3) is 0 Å². The lowest BCUT2D eigenvalue weighted by Crippen LogP contribution is -2.38. The van der Waals surface area contributed by atoms with Crippen LogP contribution in [-0.2, 0) is 4.74 Å². The zero-order chi connectivity index (χ0) is 11.4. The van der Waals surface area contributed by atoms with Crippen LogP contribution < -0.4 is 0 Å². The fraction of sp³-hybridized carbons (Fsp3) is 0.538. The van der Waals surface area contributed by atoms with Crippen LogP contribution in [0.1, 0.15) is 24.9 Å². The van der Waals surface area contributed by atoms with E-state index in [4.69, 9.17) is 16.3 Å². The van der Waals surface area contributed by atoms with E-state index in [1.807, 2.05) is 12.1 Å². The topological polar surface area (TPSA) is 12.5 Å². The normalized spacial score (nSPS) is 19.6. The highest BCUT2D eigenvalue weighted by Gasteiger charge is 2.22. The van der Waals surface area contributed by atoms with Gasteiger partial charge in [-0.15, -0.1) is 0 Å². The Morgan fingerprint density at radius 3 is 2.62 bits per heavy atom. The Hall–Kier alpha value is -0.570. The first kappa shape index (κ1) is 11.9. The van der Waals surface area contributed by atoms with Gasteiger partial charge in [0.2, 0.25) is 0 Å². The molecule has 1 fully saturated rings. The summed E-state index contributed by atoms with van der Waals surface area (Å²) in [6.45, 7) is 5.89. The van der Waals surface area contributed by atoms with Gasteiger partial charge in [-0.05, 0) is 18.1 Å². The molecule has 2 rings (SSSR count). The van der Waals surface area contributed by atoms with Gasteiger partial charge >= 0.3 is 0 Å². The van der Waals surface area contributed by atoms with E-state index in [0.717, 1.165) is 37.7 Å². The number of benzene rings is 1. The number of hydrogen-bond donors (Lipinski definition) is 0. The largest absolute Gasteiger partial charge is 0.379 e. The highest BCUT2D eigenvalue weighted by molar-refractivity contribution is 6.31. The Morgan fingerprint density at radius 1 is 1.31 bits per heavy atom. The van der Waals surface area contributed by atoms with Crippen molar-refractivity contribution in [2.24, 2.45) is 0 Å². The summed E-state index contributed by atoms with van der Waals surface area (Å²) in [6, 6.07) is 8.58. The van der Waals surface area contributed by atoms with Crippen molar-refractivity contribution in [1.29, 1.82) is 0 Å². The summed E-state index contributed by atoms with van der Waals surface area (Å²) in [4.78, 5) is 2.46. The van der Waals surface area contributed by atoms with Crippen molar-refractivity contribution in [3.05, 3.63) is 34.9 Å². The monoisotopic (exact) mass is 239 g/mol. The van der Waals surface area contributed by atoms with Crippen LogP contribution in [0, 0.1) is 0 Å². The number of rotatable bonds is 3. The molecular formula is C13H18ClNO. The van der Waals surface area contributed by atoms with Crippen LogP contribution in [0.5, 0.6) is 0 Å². The van der Waals surface area contributed by atoms with E-state index in [1.165, 1.54) is 5.56 Å². The molecule has 0 bridgehead atoms. The lowest BCUT2D eigenvalue weighted by molar-refractivity contribution is 0.0152. The van der Waals surface area contributed by atoms with E-state index in [9.17, 15) is 0 Å².